The van der Waals surface area contributed by atoms with Crippen LogP contribution in [0.4, 0.5) is 0 Å². The molecule has 3 rings (SSSR count). The number of aromatic nitrogens is 1. The van der Waals surface area contributed by atoms with Gasteiger partial charge in [0, 0.05) is 10.8 Å². The summed E-state index contributed by atoms with van der Waals surface area (Å²) in [5.41, 5.74) is 0.913. The van der Waals surface area contributed by atoms with Gasteiger partial charge in [-0.3, -0.25) is 0 Å². The van der Waals surface area contributed by atoms with Gasteiger partial charge in [-0.25, -0.2) is 4.79 Å². The van der Waals surface area contributed by atoms with Gasteiger partial charge in [0.1, 0.15) is 11.1 Å². The maximum Gasteiger partial charge on any atom is 0.361 e. The summed E-state index contributed by atoms with van der Waals surface area (Å²) in [4.78, 5) is 15.0. The second kappa shape index (κ2) is 6.87. The molecule has 0 saturated heterocycles. The molecule has 4 heteroatoms. The lowest BCUT2D eigenvalue weighted by Gasteiger charge is -2.02. The number of benzene rings is 2. The van der Waals surface area contributed by atoms with Crippen molar-refractivity contribution < 1.29 is 9.15 Å². The van der Waals surface area contributed by atoms with Crippen molar-refractivity contribution in [3.8, 4) is 5.75 Å². The minimum Gasteiger partial charge on any atom is -0.496 e. The number of hydrogen-bond donors (Lipinski definition) is 1. The van der Waals surface area contributed by atoms with E-state index >= 15 is 0 Å². The number of H-pyrrole nitrogens is 1. The largest absolute Gasteiger partial charge is 0.496 e. The normalized spacial score (nSPS) is 13.5. The average molecular weight is 319 g/mol. The summed E-state index contributed by atoms with van der Waals surface area (Å²) in [5, 5.41) is 1.93. The molecular formula is C20H17NO3. The van der Waals surface area contributed by atoms with Crippen LogP contribution in [0.1, 0.15) is 5.56 Å². The number of oxazole rings is 1. The quantitative estimate of drug-likeness (QED) is 0.805. The predicted octanol–water partition coefficient (Wildman–Crippen LogP) is 2.17. The molecule has 4 nitrogen and oxygen atoms in total. The topological polar surface area (TPSA) is 55.2 Å². The molecule has 2 aromatic carbocycles. The van der Waals surface area contributed by atoms with Gasteiger partial charge < -0.3 is 14.1 Å². The summed E-state index contributed by atoms with van der Waals surface area (Å²) < 4.78 is 10.6. The molecule has 0 fully saturated rings. The van der Waals surface area contributed by atoms with Crippen molar-refractivity contribution in [1.29, 1.82) is 0 Å². The second-order valence-corrected chi connectivity index (χ2v) is 5.18. The molecule has 1 N–H and O–H groups in total. The Labute approximate surface area is 138 Å². The van der Waals surface area contributed by atoms with Gasteiger partial charge in [0.25, 0.3) is 0 Å². The highest BCUT2D eigenvalue weighted by Crippen LogP contribution is 2.18. The summed E-state index contributed by atoms with van der Waals surface area (Å²) in [7, 11) is 1.62. The van der Waals surface area contributed by atoms with Crippen LogP contribution in [0.3, 0.4) is 0 Å². The Morgan fingerprint density at radius 2 is 1.88 bits per heavy atom. The summed E-state index contributed by atoms with van der Waals surface area (Å²) in [6, 6.07) is 15.1. The monoisotopic (exact) mass is 319 g/mol. The Morgan fingerprint density at radius 3 is 2.67 bits per heavy atom. The maximum atomic E-state index is 12.0. The number of allylic oxidation sites excluding steroid dienone is 1. The van der Waals surface area contributed by atoms with Gasteiger partial charge in [0.05, 0.1) is 7.11 Å². The van der Waals surface area contributed by atoms with Crippen molar-refractivity contribution in [2.45, 2.75) is 0 Å². The highest BCUT2D eigenvalue weighted by Gasteiger charge is 1.97. The molecule has 1 aromatic heterocycles. The van der Waals surface area contributed by atoms with Crippen molar-refractivity contribution in [2.75, 3.05) is 7.11 Å². The van der Waals surface area contributed by atoms with E-state index in [1.54, 1.807) is 19.3 Å². The standard InChI is InChI=1S/C20H17NO3/c1-14-8-3-5-11-16(14)19-21-17(20(22)24-19)12-7-10-15-9-4-6-13-18(15)23-2/h3-13,21H,1H2,2H3/b10-7+,17-12-,19-16?. The average Bonchev–Trinajstić information content (AvgIpc) is 2.96. The first-order chi connectivity index (χ1) is 11.7. The van der Waals surface area contributed by atoms with Crippen LogP contribution in [0, 0.1) is 10.8 Å². The number of hydrogen-bond acceptors (Lipinski definition) is 3. The Hall–Kier alpha value is -3.27. The van der Waals surface area contributed by atoms with Crippen LogP contribution in [0.5, 0.6) is 5.75 Å². The lowest BCUT2D eigenvalue weighted by Crippen LogP contribution is -2.19. The zero-order valence-electron chi connectivity index (χ0n) is 13.3. The van der Waals surface area contributed by atoms with E-state index in [2.05, 4.69) is 11.6 Å². The van der Waals surface area contributed by atoms with Crippen molar-refractivity contribution >= 4 is 18.7 Å². The predicted molar refractivity (Wildman–Crippen MR) is 94.7 cm³/mol. The van der Waals surface area contributed by atoms with E-state index in [0.717, 1.165) is 21.8 Å². The minimum absolute atomic E-state index is 0.374. The van der Waals surface area contributed by atoms with E-state index in [1.165, 1.54) is 0 Å². The van der Waals surface area contributed by atoms with E-state index in [0.29, 0.717) is 10.9 Å². The van der Waals surface area contributed by atoms with Crippen LogP contribution in [-0.4, -0.2) is 12.1 Å². The van der Waals surface area contributed by atoms with Crippen LogP contribution in [0.2, 0.25) is 0 Å². The van der Waals surface area contributed by atoms with Gasteiger partial charge in [-0.2, -0.15) is 0 Å². The van der Waals surface area contributed by atoms with Gasteiger partial charge >= 0.3 is 5.63 Å². The fourth-order valence-electron chi connectivity index (χ4n) is 2.37. The maximum absolute atomic E-state index is 12.0. The fourth-order valence-corrected chi connectivity index (χ4v) is 2.37. The van der Waals surface area contributed by atoms with Gasteiger partial charge in [0.2, 0.25) is 5.55 Å². The molecule has 3 aromatic rings. The Morgan fingerprint density at radius 1 is 1.12 bits per heavy atom. The van der Waals surface area contributed by atoms with Crippen molar-refractivity contribution in [3.05, 3.63) is 91.9 Å². The number of aromatic amines is 1. The van der Waals surface area contributed by atoms with Crippen molar-refractivity contribution in [1.82, 2.24) is 4.98 Å². The number of rotatable bonds is 3. The first-order valence-electron chi connectivity index (χ1n) is 7.48. The molecule has 1 heterocycles. The molecule has 0 amide bonds. The number of nitrogens with one attached hydrogen (secondary N) is 1. The van der Waals surface area contributed by atoms with Crippen LogP contribution < -0.4 is 20.9 Å². The van der Waals surface area contributed by atoms with Gasteiger partial charge in [-0.15, -0.1) is 0 Å². The molecule has 0 aliphatic carbocycles. The van der Waals surface area contributed by atoms with Gasteiger partial charge in [0.15, 0.2) is 0 Å². The highest BCUT2D eigenvalue weighted by atomic mass is 16.5. The third kappa shape index (κ3) is 3.22. The van der Waals surface area contributed by atoms with Crippen LogP contribution >= 0.6 is 0 Å². The molecule has 0 aliphatic heterocycles. The molecule has 0 bridgehead atoms. The number of methoxy groups -OCH3 is 1. The lowest BCUT2D eigenvalue weighted by atomic mass is 10.2. The molecule has 0 atom stereocenters. The summed E-state index contributed by atoms with van der Waals surface area (Å²) >= 11 is 0. The molecule has 0 spiro atoms. The summed E-state index contributed by atoms with van der Waals surface area (Å²) in [5.74, 6) is 0.771. The SMILES string of the molecule is C=c1ccccc1=c1[nH]/c(=C\C=C\c2ccccc2OC)c(=O)o1. The fraction of sp³-hybridized carbons (Fsp3) is 0.0500. The van der Waals surface area contributed by atoms with E-state index < -0.39 is 5.63 Å². The third-order valence-electron chi connectivity index (χ3n) is 3.60. The second-order valence-electron chi connectivity index (χ2n) is 5.18. The van der Waals surface area contributed by atoms with E-state index in [1.807, 2.05) is 54.6 Å². The minimum atomic E-state index is -0.419. The Kier molecular flexibility index (Phi) is 4.47. The van der Waals surface area contributed by atoms with Crippen molar-refractivity contribution in [3.63, 3.8) is 0 Å². The smallest absolute Gasteiger partial charge is 0.361 e. The van der Waals surface area contributed by atoms with E-state index in [4.69, 9.17) is 9.15 Å². The molecule has 24 heavy (non-hydrogen) atoms. The first kappa shape index (κ1) is 15.6. The number of para-hydroxylation sites is 1. The van der Waals surface area contributed by atoms with Crippen molar-refractivity contribution in [2.24, 2.45) is 0 Å². The van der Waals surface area contributed by atoms with Crippen LogP contribution in [0.25, 0.3) is 18.7 Å². The molecule has 0 unspecified atom stereocenters. The first-order valence-corrected chi connectivity index (χ1v) is 7.48. The van der Waals surface area contributed by atoms with Crippen LogP contribution in [0.15, 0.2) is 63.8 Å². The highest BCUT2D eigenvalue weighted by molar-refractivity contribution is 5.62. The molecule has 0 saturated carbocycles. The molecule has 0 aliphatic rings. The van der Waals surface area contributed by atoms with E-state index in [9.17, 15) is 4.79 Å². The zero-order chi connectivity index (χ0) is 16.9. The Bertz CT molecular complexity index is 1140. The molecule has 0 radical (unpaired) electrons. The van der Waals surface area contributed by atoms with E-state index in [-0.39, 0.29) is 0 Å². The number of ether oxygens (including phenoxy) is 1. The lowest BCUT2D eigenvalue weighted by molar-refractivity contribution is 0.414. The molecular weight excluding hydrogens is 302 g/mol. The van der Waals surface area contributed by atoms with Gasteiger partial charge in [-0.1, -0.05) is 55.1 Å². The van der Waals surface area contributed by atoms with Gasteiger partial charge in [-0.05, 0) is 23.4 Å². The van der Waals surface area contributed by atoms with Crippen LogP contribution in [-0.2, 0) is 0 Å². The molecule has 120 valence electrons. The Balaban J connectivity index is 2.06. The summed E-state index contributed by atoms with van der Waals surface area (Å²) in [6.07, 6.45) is 5.32. The zero-order valence-corrected chi connectivity index (χ0v) is 13.3. The third-order valence-corrected chi connectivity index (χ3v) is 3.60. The summed E-state index contributed by atoms with van der Waals surface area (Å²) in [6.45, 7) is 3.94.